The zero-order valence-corrected chi connectivity index (χ0v) is 12.8. The lowest BCUT2D eigenvalue weighted by Crippen LogP contribution is -1.93. The molecule has 0 saturated heterocycles. The number of carbonyl (C=O) groups excluding carboxylic acids is 1. The maximum Gasteiger partial charge on any atom is 0.161 e. The van der Waals surface area contributed by atoms with Crippen molar-refractivity contribution in [2.24, 2.45) is 0 Å². The van der Waals surface area contributed by atoms with Crippen molar-refractivity contribution in [1.29, 1.82) is 0 Å². The minimum atomic E-state index is 0.550. The number of aldehydes is 1. The zero-order valence-electron chi connectivity index (χ0n) is 12.8. The zero-order chi connectivity index (χ0) is 15.9. The van der Waals surface area contributed by atoms with Crippen LogP contribution in [0.25, 0.3) is 11.6 Å². The van der Waals surface area contributed by atoms with Crippen LogP contribution in [0.5, 0.6) is 17.2 Å². The second-order valence-corrected chi connectivity index (χ2v) is 4.56. The molecule has 0 aliphatic rings. The number of hydrogen-bond acceptors (Lipinski definition) is 4. The fourth-order valence-corrected chi connectivity index (χ4v) is 2.11. The highest BCUT2D eigenvalue weighted by atomic mass is 16.5. The molecule has 114 valence electrons. The molecule has 2 rings (SSSR count). The molecule has 2 aromatic rings. The molecule has 2 aromatic carbocycles. The van der Waals surface area contributed by atoms with Crippen LogP contribution in [0.15, 0.2) is 42.5 Å². The predicted molar refractivity (Wildman–Crippen MR) is 86.5 cm³/mol. The van der Waals surface area contributed by atoms with Gasteiger partial charge in [-0.1, -0.05) is 18.2 Å². The van der Waals surface area contributed by atoms with E-state index in [4.69, 9.17) is 14.2 Å². The van der Waals surface area contributed by atoms with E-state index in [1.54, 1.807) is 39.5 Å². The Kier molecular flexibility index (Phi) is 5.20. The Balaban J connectivity index is 2.42. The highest BCUT2D eigenvalue weighted by Crippen LogP contribution is 2.30. The fraction of sp³-hybridized carbons (Fsp3) is 0.167. The first-order valence-electron chi connectivity index (χ1n) is 6.75. The first-order chi connectivity index (χ1) is 10.7. The summed E-state index contributed by atoms with van der Waals surface area (Å²) in [5, 5.41) is 0. The van der Waals surface area contributed by atoms with Gasteiger partial charge in [0.2, 0.25) is 0 Å². The van der Waals surface area contributed by atoms with Crippen molar-refractivity contribution >= 4 is 17.9 Å². The molecule has 0 aliphatic carbocycles. The van der Waals surface area contributed by atoms with Crippen LogP contribution < -0.4 is 14.2 Å². The molecule has 0 spiro atoms. The Morgan fingerprint density at radius 3 is 2.32 bits per heavy atom. The second kappa shape index (κ2) is 7.31. The molecule has 0 bridgehead atoms. The molecule has 0 N–H and O–H groups in total. The van der Waals surface area contributed by atoms with Gasteiger partial charge in [0.1, 0.15) is 5.75 Å². The number of ether oxygens (including phenoxy) is 3. The maximum absolute atomic E-state index is 11.4. The molecule has 4 nitrogen and oxygen atoms in total. The first-order valence-corrected chi connectivity index (χ1v) is 6.75. The van der Waals surface area contributed by atoms with Gasteiger partial charge in [0.15, 0.2) is 17.8 Å². The summed E-state index contributed by atoms with van der Waals surface area (Å²) in [5.41, 5.74) is 2.20. The maximum atomic E-state index is 11.4. The summed E-state index contributed by atoms with van der Waals surface area (Å²) in [6, 6.07) is 12.9. The fourth-order valence-electron chi connectivity index (χ4n) is 2.11. The van der Waals surface area contributed by atoms with Crippen molar-refractivity contribution in [2.45, 2.75) is 0 Å². The molecule has 0 atom stereocenters. The number of benzene rings is 2. The largest absolute Gasteiger partial charge is 0.497 e. The lowest BCUT2D eigenvalue weighted by Gasteiger charge is -2.09. The van der Waals surface area contributed by atoms with E-state index >= 15 is 0 Å². The van der Waals surface area contributed by atoms with Crippen LogP contribution in [-0.2, 0) is 4.79 Å². The molecule has 0 radical (unpaired) electrons. The van der Waals surface area contributed by atoms with E-state index in [2.05, 4.69) is 0 Å². The van der Waals surface area contributed by atoms with Crippen LogP contribution in [0.2, 0.25) is 0 Å². The van der Waals surface area contributed by atoms with Crippen LogP contribution in [0.1, 0.15) is 11.1 Å². The van der Waals surface area contributed by atoms with Crippen molar-refractivity contribution < 1.29 is 19.0 Å². The third-order valence-electron chi connectivity index (χ3n) is 3.26. The van der Waals surface area contributed by atoms with Gasteiger partial charge >= 0.3 is 0 Å². The molecule has 22 heavy (non-hydrogen) atoms. The van der Waals surface area contributed by atoms with Crippen LogP contribution in [0, 0.1) is 0 Å². The average Bonchev–Trinajstić information content (AvgIpc) is 2.59. The third kappa shape index (κ3) is 3.47. The Morgan fingerprint density at radius 1 is 0.909 bits per heavy atom. The molecule has 4 heteroatoms. The van der Waals surface area contributed by atoms with Gasteiger partial charge in [-0.15, -0.1) is 0 Å². The van der Waals surface area contributed by atoms with Gasteiger partial charge in [-0.2, -0.15) is 0 Å². The van der Waals surface area contributed by atoms with E-state index in [0.29, 0.717) is 17.1 Å². The second-order valence-electron chi connectivity index (χ2n) is 4.56. The third-order valence-corrected chi connectivity index (χ3v) is 3.26. The van der Waals surface area contributed by atoms with Crippen molar-refractivity contribution in [3.63, 3.8) is 0 Å². The lowest BCUT2D eigenvalue weighted by molar-refractivity contribution is -0.103. The molecule has 0 aliphatic heterocycles. The summed E-state index contributed by atoms with van der Waals surface area (Å²) in [6.45, 7) is 0. The summed E-state index contributed by atoms with van der Waals surface area (Å²) in [5.74, 6) is 1.95. The SMILES string of the molecule is COc1cccc(/C=C(/C=O)c2ccc(OC)c(OC)c2)c1. The smallest absolute Gasteiger partial charge is 0.161 e. The number of rotatable bonds is 6. The number of allylic oxidation sites excluding steroid dienone is 1. The number of methoxy groups -OCH3 is 3. The predicted octanol–water partition coefficient (Wildman–Crippen LogP) is 3.45. The Labute approximate surface area is 129 Å². The molecular formula is C18H18O4. The Hall–Kier alpha value is -2.75. The van der Waals surface area contributed by atoms with E-state index in [1.165, 1.54) is 0 Å². The summed E-state index contributed by atoms with van der Waals surface area (Å²) >= 11 is 0. The Bertz CT molecular complexity index is 689. The standard InChI is InChI=1S/C18H18O4/c1-20-16-6-4-5-13(10-16)9-15(12-19)14-7-8-17(21-2)18(11-14)22-3/h4-12H,1-3H3/b15-9-. The summed E-state index contributed by atoms with van der Waals surface area (Å²) < 4.78 is 15.7. The molecule has 0 fully saturated rings. The molecule has 0 amide bonds. The molecule has 0 aromatic heterocycles. The number of carbonyl (C=O) groups is 1. The molecule has 0 unspecified atom stereocenters. The van der Waals surface area contributed by atoms with Crippen LogP contribution in [-0.4, -0.2) is 27.6 Å². The van der Waals surface area contributed by atoms with Crippen molar-refractivity contribution in [3.8, 4) is 17.2 Å². The van der Waals surface area contributed by atoms with Gasteiger partial charge in [-0.05, 0) is 41.5 Å². The van der Waals surface area contributed by atoms with Crippen LogP contribution in [0.3, 0.4) is 0 Å². The number of hydrogen-bond donors (Lipinski definition) is 0. The van der Waals surface area contributed by atoms with Gasteiger partial charge in [0.25, 0.3) is 0 Å². The topological polar surface area (TPSA) is 44.8 Å². The lowest BCUT2D eigenvalue weighted by atomic mass is 10.0. The highest BCUT2D eigenvalue weighted by Gasteiger charge is 2.08. The van der Waals surface area contributed by atoms with Gasteiger partial charge in [0.05, 0.1) is 21.3 Å². The summed E-state index contributed by atoms with van der Waals surface area (Å²) in [4.78, 5) is 11.4. The quantitative estimate of drug-likeness (QED) is 0.465. The van der Waals surface area contributed by atoms with E-state index in [9.17, 15) is 4.79 Å². The van der Waals surface area contributed by atoms with Gasteiger partial charge < -0.3 is 14.2 Å². The molecule has 0 heterocycles. The molecule has 0 saturated carbocycles. The van der Waals surface area contributed by atoms with Crippen LogP contribution in [0.4, 0.5) is 0 Å². The van der Waals surface area contributed by atoms with Gasteiger partial charge in [0, 0.05) is 5.57 Å². The van der Waals surface area contributed by atoms with E-state index < -0.39 is 0 Å². The van der Waals surface area contributed by atoms with Gasteiger partial charge in [-0.25, -0.2) is 0 Å². The van der Waals surface area contributed by atoms with E-state index in [1.807, 2.05) is 30.3 Å². The van der Waals surface area contributed by atoms with Crippen molar-refractivity contribution in [2.75, 3.05) is 21.3 Å². The highest BCUT2D eigenvalue weighted by molar-refractivity contribution is 6.13. The van der Waals surface area contributed by atoms with E-state index in [-0.39, 0.29) is 0 Å². The monoisotopic (exact) mass is 298 g/mol. The van der Waals surface area contributed by atoms with Crippen LogP contribution >= 0.6 is 0 Å². The summed E-state index contributed by atoms with van der Waals surface area (Å²) in [6.07, 6.45) is 2.62. The summed E-state index contributed by atoms with van der Waals surface area (Å²) in [7, 11) is 4.75. The molecular weight excluding hydrogens is 280 g/mol. The minimum absolute atomic E-state index is 0.550. The van der Waals surface area contributed by atoms with E-state index in [0.717, 1.165) is 23.2 Å². The Morgan fingerprint density at radius 2 is 1.68 bits per heavy atom. The van der Waals surface area contributed by atoms with Crippen molar-refractivity contribution in [3.05, 3.63) is 53.6 Å². The average molecular weight is 298 g/mol. The van der Waals surface area contributed by atoms with Crippen molar-refractivity contribution in [1.82, 2.24) is 0 Å². The normalized spacial score (nSPS) is 11.0. The minimum Gasteiger partial charge on any atom is -0.497 e. The first kappa shape index (κ1) is 15.6. The van der Waals surface area contributed by atoms with Gasteiger partial charge in [-0.3, -0.25) is 4.79 Å².